The van der Waals surface area contributed by atoms with Crippen LogP contribution in [0.5, 0.6) is 0 Å². The van der Waals surface area contributed by atoms with E-state index >= 15 is 0 Å². The van der Waals surface area contributed by atoms with Gasteiger partial charge in [0.15, 0.2) is 0 Å². The molecule has 0 aliphatic rings. The molecule has 18 heavy (non-hydrogen) atoms. The summed E-state index contributed by atoms with van der Waals surface area (Å²) in [6.45, 7) is 0. The highest BCUT2D eigenvalue weighted by Gasteiger charge is 2.25. The first-order chi connectivity index (χ1) is 8.50. The van der Waals surface area contributed by atoms with E-state index in [0.717, 1.165) is 0 Å². The Labute approximate surface area is 110 Å². The number of halogens is 1. The van der Waals surface area contributed by atoms with E-state index in [1.807, 2.05) is 0 Å². The van der Waals surface area contributed by atoms with Gasteiger partial charge in [-0.15, -0.1) is 0 Å². The predicted molar refractivity (Wildman–Crippen MR) is 66.5 cm³/mol. The van der Waals surface area contributed by atoms with Crippen molar-refractivity contribution in [2.24, 2.45) is 0 Å². The normalized spacial score (nSPS) is 10.3. The van der Waals surface area contributed by atoms with Crippen molar-refractivity contribution in [2.75, 3.05) is 0 Å². The van der Waals surface area contributed by atoms with Gasteiger partial charge in [-0.2, -0.15) is 4.37 Å². The molecule has 0 fully saturated rings. The van der Waals surface area contributed by atoms with Crippen molar-refractivity contribution in [3.8, 4) is 11.3 Å². The lowest BCUT2D eigenvalue weighted by Gasteiger charge is -2.00. The van der Waals surface area contributed by atoms with Crippen LogP contribution in [0.25, 0.3) is 11.3 Å². The Kier molecular flexibility index (Phi) is 3.31. The first-order valence-corrected chi connectivity index (χ1v) is 5.88. The van der Waals surface area contributed by atoms with Crippen LogP contribution in [0.2, 0.25) is 5.02 Å². The molecule has 0 unspecified atom stereocenters. The molecular weight excluding hydrogens is 278 g/mol. The van der Waals surface area contributed by atoms with Gasteiger partial charge < -0.3 is 10.2 Å². The fourth-order valence-electron chi connectivity index (χ4n) is 1.47. The van der Waals surface area contributed by atoms with Crippen molar-refractivity contribution >= 4 is 35.1 Å². The maximum Gasteiger partial charge on any atom is 0.348 e. The number of aromatic nitrogens is 1. The standard InChI is InChI=1S/C11H6ClNO4S/c12-6-3-1-2-5(4-6)8-7(10(14)15)9(11(16)17)18-13-8/h1-4H,(H,14,15)(H,16,17). The Balaban J connectivity index is 2.65. The van der Waals surface area contributed by atoms with Gasteiger partial charge in [0, 0.05) is 10.6 Å². The molecule has 2 N–H and O–H groups in total. The molecule has 0 aliphatic heterocycles. The third-order valence-electron chi connectivity index (χ3n) is 2.20. The van der Waals surface area contributed by atoms with Crippen LogP contribution in [0.3, 0.4) is 0 Å². The highest BCUT2D eigenvalue weighted by molar-refractivity contribution is 7.08. The molecule has 5 nitrogen and oxygen atoms in total. The minimum absolute atomic E-state index is 0.118. The summed E-state index contributed by atoms with van der Waals surface area (Å²) in [4.78, 5) is 21.8. The summed E-state index contributed by atoms with van der Waals surface area (Å²) in [5.74, 6) is -2.63. The molecule has 0 atom stereocenters. The van der Waals surface area contributed by atoms with Gasteiger partial charge in [0.25, 0.3) is 0 Å². The minimum Gasteiger partial charge on any atom is -0.478 e. The molecule has 0 saturated heterocycles. The number of aromatic carboxylic acids is 2. The molecule has 0 spiro atoms. The van der Waals surface area contributed by atoms with Crippen LogP contribution >= 0.6 is 23.1 Å². The van der Waals surface area contributed by atoms with Gasteiger partial charge in [-0.25, -0.2) is 9.59 Å². The second-order valence-electron chi connectivity index (χ2n) is 3.36. The predicted octanol–water partition coefficient (Wildman–Crippen LogP) is 2.86. The van der Waals surface area contributed by atoms with E-state index in [2.05, 4.69) is 4.37 Å². The smallest absolute Gasteiger partial charge is 0.348 e. The van der Waals surface area contributed by atoms with Gasteiger partial charge in [0.1, 0.15) is 10.4 Å². The molecule has 0 bridgehead atoms. The second-order valence-corrected chi connectivity index (χ2v) is 4.57. The molecule has 1 aromatic carbocycles. The monoisotopic (exact) mass is 283 g/mol. The van der Waals surface area contributed by atoms with Gasteiger partial charge in [-0.3, -0.25) is 0 Å². The molecule has 0 aliphatic carbocycles. The molecule has 1 heterocycles. The average Bonchev–Trinajstić information content (AvgIpc) is 2.73. The first-order valence-electron chi connectivity index (χ1n) is 4.73. The van der Waals surface area contributed by atoms with Crippen LogP contribution in [0.15, 0.2) is 24.3 Å². The van der Waals surface area contributed by atoms with E-state index in [1.54, 1.807) is 18.2 Å². The van der Waals surface area contributed by atoms with E-state index in [0.29, 0.717) is 22.1 Å². The molecule has 2 rings (SSSR count). The number of hydrogen-bond donors (Lipinski definition) is 2. The third kappa shape index (κ3) is 2.20. The molecule has 0 saturated carbocycles. The van der Waals surface area contributed by atoms with Gasteiger partial charge in [-0.05, 0) is 23.7 Å². The zero-order valence-corrected chi connectivity index (χ0v) is 10.3. The Hall–Kier alpha value is -1.92. The SMILES string of the molecule is O=C(O)c1snc(-c2cccc(Cl)c2)c1C(=O)O. The lowest BCUT2D eigenvalue weighted by Crippen LogP contribution is -2.05. The largest absolute Gasteiger partial charge is 0.478 e. The summed E-state index contributed by atoms with van der Waals surface area (Å²) in [6.07, 6.45) is 0. The zero-order valence-electron chi connectivity index (χ0n) is 8.75. The van der Waals surface area contributed by atoms with Crippen molar-refractivity contribution in [3.05, 3.63) is 39.7 Å². The van der Waals surface area contributed by atoms with Gasteiger partial charge >= 0.3 is 11.9 Å². The van der Waals surface area contributed by atoms with Crippen molar-refractivity contribution in [2.45, 2.75) is 0 Å². The third-order valence-corrected chi connectivity index (χ3v) is 3.27. The number of nitrogens with zero attached hydrogens (tertiary/aromatic N) is 1. The molecule has 1 aromatic heterocycles. The van der Waals surface area contributed by atoms with Crippen molar-refractivity contribution in [3.63, 3.8) is 0 Å². The topological polar surface area (TPSA) is 87.5 Å². The van der Waals surface area contributed by atoms with Gasteiger partial charge in [0.05, 0.1) is 5.69 Å². The number of hydrogen-bond acceptors (Lipinski definition) is 4. The summed E-state index contributed by atoms with van der Waals surface area (Å²) < 4.78 is 3.89. The lowest BCUT2D eigenvalue weighted by atomic mass is 10.1. The van der Waals surface area contributed by atoms with Crippen LogP contribution in [0.4, 0.5) is 0 Å². The minimum atomic E-state index is -1.32. The fraction of sp³-hybridized carbons (Fsp3) is 0. The van der Waals surface area contributed by atoms with E-state index in [-0.39, 0.29) is 16.1 Å². The Morgan fingerprint density at radius 3 is 2.50 bits per heavy atom. The van der Waals surface area contributed by atoms with Crippen molar-refractivity contribution in [1.82, 2.24) is 4.37 Å². The summed E-state index contributed by atoms with van der Waals surface area (Å²) in [5, 5.41) is 18.4. The number of carboxylic acids is 2. The Bertz CT molecular complexity index is 638. The van der Waals surface area contributed by atoms with Crippen LogP contribution in [-0.4, -0.2) is 26.5 Å². The summed E-state index contributed by atoms with van der Waals surface area (Å²) >= 11 is 6.45. The van der Waals surface area contributed by atoms with Crippen LogP contribution < -0.4 is 0 Å². The average molecular weight is 284 g/mol. The van der Waals surface area contributed by atoms with Crippen molar-refractivity contribution < 1.29 is 19.8 Å². The fourth-order valence-corrected chi connectivity index (χ4v) is 2.39. The van der Waals surface area contributed by atoms with E-state index in [9.17, 15) is 9.59 Å². The summed E-state index contributed by atoms with van der Waals surface area (Å²) in [6, 6.07) is 6.44. The van der Waals surface area contributed by atoms with Gasteiger partial charge in [-0.1, -0.05) is 23.7 Å². The molecule has 2 aromatic rings. The molecule has 0 radical (unpaired) electrons. The van der Waals surface area contributed by atoms with Crippen LogP contribution in [0, 0.1) is 0 Å². The number of carbonyl (C=O) groups is 2. The number of benzene rings is 1. The summed E-state index contributed by atoms with van der Waals surface area (Å²) in [5.41, 5.74) is 0.283. The second kappa shape index (κ2) is 4.75. The Morgan fingerprint density at radius 1 is 1.22 bits per heavy atom. The lowest BCUT2D eigenvalue weighted by molar-refractivity contribution is 0.0656. The molecule has 92 valence electrons. The quantitative estimate of drug-likeness (QED) is 0.904. The maximum atomic E-state index is 11.1. The summed E-state index contributed by atoms with van der Waals surface area (Å²) in [7, 11) is 0. The van der Waals surface area contributed by atoms with E-state index in [4.69, 9.17) is 21.8 Å². The number of carboxylic acid groups (broad SMARTS) is 2. The first kappa shape index (κ1) is 12.5. The van der Waals surface area contributed by atoms with Crippen LogP contribution in [-0.2, 0) is 0 Å². The van der Waals surface area contributed by atoms with Gasteiger partial charge in [0.2, 0.25) is 0 Å². The molecule has 0 amide bonds. The zero-order chi connectivity index (χ0) is 13.3. The maximum absolute atomic E-state index is 11.1. The number of rotatable bonds is 3. The van der Waals surface area contributed by atoms with E-state index < -0.39 is 11.9 Å². The highest BCUT2D eigenvalue weighted by atomic mass is 35.5. The van der Waals surface area contributed by atoms with Crippen LogP contribution in [0.1, 0.15) is 20.0 Å². The molecular formula is C11H6ClNO4S. The van der Waals surface area contributed by atoms with E-state index in [1.165, 1.54) is 6.07 Å². The highest BCUT2D eigenvalue weighted by Crippen LogP contribution is 2.29. The molecule has 7 heteroatoms. The Morgan fingerprint density at radius 2 is 1.94 bits per heavy atom. The van der Waals surface area contributed by atoms with Crippen molar-refractivity contribution in [1.29, 1.82) is 0 Å².